The smallest absolute Gasteiger partial charge is 0.287 e. The van der Waals surface area contributed by atoms with Gasteiger partial charge in [-0.1, -0.05) is 13.8 Å². The Labute approximate surface area is 62.8 Å². The van der Waals surface area contributed by atoms with Crippen LogP contribution in [0.2, 0.25) is 0 Å². The number of hydrogen-bond acceptors (Lipinski definition) is 3. The molecular formula is C6H14NO2P. The van der Waals surface area contributed by atoms with Gasteiger partial charge in [0.05, 0.1) is 13.2 Å². The molecule has 0 aliphatic carbocycles. The average Bonchev–Trinajstić information content (AvgIpc) is 1.97. The Hall–Kier alpha value is -0.0700. The van der Waals surface area contributed by atoms with E-state index >= 15 is 0 Å². The maximum atomic E-state index is 8.93. The SMILES string of the molecule is CCCOP(#N)OCCC. The first-order valence-electron chi connectivity index (χ1n) is 3.56. The number of nitrogens with zero attached hydrogens (tertiary/aromatic N) is 1. The molecule has 0 fully saturated rings. The molecule has 0 radical (unpaired) electrons. The third-order valence-electron chi connectivity index (χ3n) is 0.812. The number of hydrogen-bond donors (Lipinski definition) is 0. The maximum Gasteiger partial charge on any atom is 0.336 e. The van der Waals surface area contributed by atoms with Gasteiger partial charge in [0.2, 0.25) is 0 Å². The van der Waals surface area contributed by atoms with Crippen molar-refractivity contribution in [2.75, 3.05) is 13.2 Å². The molecule has 0 heterocycles. The maximum absolute atomic E-state index is 8.93. The van der Waals surface area contributed by atoms with Gasteiger partial charge >= 0.3 is 8.01 Å². The first-order chi connectivity index (χ1) is 4.81. The highest BCUT2D eigenvalue weighted by molar-refractivity contribution is 7.31. The third-order valence-corrected chi connectivity index (χ3v) is 1.62. The molecule has 4 heteroatoms. The van der Waals surface area contributed by atoms with Gasteiger partial charge in [0, 0.05) is 0 Å². The molecule has 0 saturated carbocycles. The Morgan fingerprint density at radius 1 is 1.10 bits per heavy atom. The van der Waals surface area contributed by atoms with Crippen LogP contribution >= 0.6 is 8.01 Å². The molecule has 0 aromatic rings. The fraction of sp³-hybridized carbons (Fsp3) is 1.00. The predicted molar refractivity (Wildman–Crippen MR) is 41.1 cm³/mol. The van der Waals surface area contributed by atoms with E-state index in [1.807, 2.05) is 13.8 Å². The van der Waals surface area contributed by atoms with E-state index in [0.29, 0.717) is 13.2 Å². The van der Waals surface area contributed by atoms with Crippen molar-refractivity contribution in [2.45, 2.75) is 26.7 Å². The highest BCUT2D eigenvalue weighted by atomic mass is 31.1. The van der Waals surface area contributed by atoms with E-state index in [2.05, 4.69) is 0 Å². The summed E-state index contributed by atoms with van der Waals surface area (Å²) in [4.78, 5) is 0. The lowest BCUT2D eigenvalue weighted by molar-refractivity contribution is 0.259. The van der Waals surface area contributed by atoms with Crippen molar-refractivity contribution in [2.24, 2.45) is 0 Å². The van der Waals surface area contributed by atoms with Crippen LogP contribution in [0.5, 0.6) is 0 Å². The van der Waals surface area contributed by atoms with E-state index in [9.17, 15) is 0 Å². The molecule has 0 atom stereocenters. The van der Waals surface area contributed by atoms with Crippen molar-refractivity contribution < 1.29 is 9.05 Å². The molecular weight excluding hydrogens is 149 g/mol. The highest BCUT2D eigenvalue weighted by Crippen LogP contribution is 2.20. The fourth-order valence-electron chi connectivity index (χ4n) is 0.376. The molecule has 0 rings (SSSR count). The van der Waals surface area contributed by atoms with Gasteiger partial charge in [-0.25, -0.2) is 0 Å². The third kappa shape index (κ3) is 6.06. The minimum Gasteiger partial charge on any atom is -0.287 e. The van der Waals surface area contributed by atoms with Crippen molar-refractivity contribution in [1.82, 2.24) is 0 Å². The summed E-state index contributed by atoms with van der Waals surface area (Å²) in [6.45, 7) is 5.13. The molecule has 0 spiro atoms. The summed E-state index contributed by atoms with van der Waals surface area (Å²) in [6, 6.07) is 0. The molecule has 3 nitrogen and oxygen atoms in total. The van der Waals surface area contributed by atoms with Crippen LogP contribution < -0.4 is 0 Å². The Morgan fingerprint density at radius 2 is 1.50 bits per heavy atom. The summed E-state index contributed by atoms with van der Waals surface area (Å²) in [5.41, 5.74) is 0. The highest BCUT2D eigenvalue weighted by Gasteiger charge is 1.94. The second-order valence-electron chi connectivity index (χ2n) is 1.90. The van der Waals surface area contributed by atoms with E-state index in [-0.39, 0.29) is 0 Å². The summed E-state index contributed by atoms with van der Waals surface area (Å²) in [5.74, 6) is 0. The van der Waals surface area contributed by atoms with Crippen LogP contribution in [0.25, 0.3) is 0 Å². The van der Waals surface area contributed by atoms with Gasteiger partial charge in [0.15, 0.2) is 0 Å². The van der Waals surface area contributed by atoms with Crippen LogP contribution in [0.1, 0.15) is 26.7 Å². The quantitative estimate of drug-likeness (QED) is 0.598. The van der Waals surface area contributed by atoms with Crippen LogP contribution in [-0.4, -0.2) is 13.2 Å². The average molecular weight is 163 g/mol. The normalized spacial score (nSPS) is 9.70. The molecule has 0 N–H and O–H groups in total. The van der Waals surface area contributed by atoms with E-state index in [1.165, 1.54) is 0 Å². The first-order valence-corrected chi connectivity index (χ1v) is 4.69. The summed E-state index contributed by atoms with van der Waals surface area (Å²) >= 11 is 0. The van der Waals surface area contributed by atoms with Gasteiger partial charge in [0.25, 0.3) is 0 Å². The van der Waals surface area contributed by atoms with Crippen LogP contribution in [0.4, 0.5) is 0 Å². The van der Waals surface area contributed by atoms with Crippen molar-refractivity contribution in [1.29, 1.82) is 5.00 Å². The zero-order valence-electron chi connectivity index (χ0n) is 6.54. The predicted octanol–water partition coefficient (Wildman–Crippen LogP) is 2.63. The second kappa shape index (κ2) is 7.04. The standard InChI is InChI=1S/C6H14NO2P/c1-3-5-8-10(7)9-6-4-2/h3-6H2,1-2H3. The molecule has 0 saturated heterocycles. The molecule has 0 aromatic carbocycles. The van der Waals surface area contributed by atoms with Crippen LogP contribution in [-0.2, 0) is 9.05 Å². The van der Waals surface area contributed by atoms with Gasteiger partial charge in [-0.2, -0.15) is 5.00 Å². The molecule has 0 amide bonds. The van der Waals surface area contributed by atoms with Crippen molar-refractivity contribution in [3.63, 3.8) is 0 Å². The Kier molecular flexibility index (Phi) is 6.99. The molecule has 0 aliphatic heterocycles. The van der Waals surface area contributed by atoms with E-state index in [4.69, 9.17) is 14.0 Å². The van der Waals surface area contributed by atoms with E-state index in [0.717, 1.165) is 12.8 Å². The number of rotatable bonds is 4. The molecule has 0 aliphatic rings. The lowest BCUT2D eigenvalue weighted by atomic mass is 10.5. The van der Waals surface area contributed by atoms with Crippen LogP contribution in [0.15, 0.2) is 0 Å². The van der Waals surface area contributed by atoms with Gasteiger partial charge in [-0.05, 0) is 12.8 Å². The Bertz CT molecular complexity index is 117. The van der Waals surface area contributed by atoms with Crippen molar-refractivity contribution in [3.8, 4) is 0 Å². The topological polar surface area (TPSA) is 42.2 Å². The summed E-state index contributed by atoms with van der Waals surface area (Å²) in [5, 5.41) is 8.93. The molecule has 0 unspecified atom stereocenters. The molecule has 0 aromatic heterocycles. The molecule has 60 valence electrons. The van der Waals surface area contributed by atoms with Crippen LogP contribution in [0.3, 0.4) is 0 Å². The largest absolute Gasteiger partial charge is 0.336 e. The second-order valence-corrected chi connectivity index (χ2v) is 2.90. The fourth-order valence-corrected chi connectivity index (χ4v) is 1.13. The monoisotopic (exact) mass is 163 g/mol. The van der Waals surface area contributed by atoms with Gasteiger partial charge in [0.1, 0.15) is 0 Å². The van der Waals surface area contributed by atoms with Crippen molar-refractivity contribution in [3.05, 3.63) is 0 Å². The minimum atomic E-state index is -1.59. The van der Waals surface area contributed by atoms with Gasteiger partial charge < -0.3 is 0 Å². The summed E-state index contributed by atoms with van der Waals surface area (Å²) < 4.78 is 9.78. The zero-order chi connectivity index (χ0) is 7.82. The lowest BCUT2D eigenvalue weighted by Gasteiger charge is -1.98. The van der Waals surface area contributed by atoms with E-state index < -0.39 is 8.01 Å². The Balaban J connectivity index is 3.12. The van der Waals surface area contributed by atoms with Crippen molar-refractivity contribution >= 4 is 8.01 Å². The van der Waals surface area contributed by atoms with Gasteiger partial charge in [-0.15, -0.1) is 0 Å². The van der Waals surface area contributed by atoms with Gasteiger partial charge in [-0.3, -0.25) is 9.05 Å². The Morgan fingerprint density at radius 3 is 1.80 bits per heavy atom. The first kappa shape index (κ1) is 9.93. The minimum absolute atomic E-state index is 0.575. The zero-order valence-corrected chi connectivity index (χ0v) is 7.43. The lowest BCUT2D eigenvalue weighted by Crippen LogP contribution is -1.86. The summed E-state index contributed by atoms with van der Waals surface area (Å²) in [7, 11) is -1.59. The molecule has 10 heavy (non-hydrogen) atoms. The summed E-state index contributed by atoms with van der Waals surface area (Å²) in [6.07, 6.45) is 1.82. The van der Waals surface area contributed by atoms with Crippen LogP contribution in [0, 0.1) is 5.00 Å². The van der Waals surface area contributed by atoms with E-state index in [1.54, 1.807) is 0 Å². The molecule has 0 bridgehead atoms.